The fraction of sp³-hybridized carbons (Fsp3) is 0.462. The summed E-state index contributed by atoms with van der Waals surface area (Å²) in [6, 6.07) is 3.74. The van der Waals surface area contributed by atoms with Crippen LogP contribution in [0.15, 0.2) is 18.2 Å². The van der Waals surface area contributed by atoms with Gasteiger partial charge in [0.15, 0.2) is 0 Å². The maximum atomic E-state index is 13.2. The Morgan fingerprint density at radius 1 is 1.43 bits per heavy atom. The average Bonchev–Trinajstić information content (AvgIpc) is 2.76. The molecule has 1 aromatic carbocycles. The predicted molar refractivity (Wildman–Crippen MR) is 71.8 cm³/mol. The summed E-state index contributed by atoms with van der Waals surface area (Å²) in [7, 11) is 1.40. The molecule has 21 heavy (non-hydrogen) atoms. The van der Waals surface area contributed by atoms with Gasteiger partial charge in [-0.1, -0.05) is 0 Å². The lowest BCUT2D eigenvalue weighted by atomic mass is 10.2. The van der Waals surface area contributed by atoms with Crippen molar-refractivity contribution in [3.63, 3.8) is 0 Å². The highest BCUT2D eigenvalue weighted by molar-refractivity contribution is 5.80. The van der Waals surface area contributed by atoms with Crippen molar-refractivity contribution >= 4 is 16.7 Å². The topological polar surface area (TPSA) is 73.3 Å². The number of aliphatic hydroxyl groups is 1. The van der Waals surface area contributed by atoms with Gasteiger partial charge in [0, 0.05) is 19.4 Å². The maximum Gasteiger partial charge on any atom is 0.449 e. The van der Waals surface area contributed by atoms with E-state index in [1.807, 2.05) is 0 Å². The second-order valence-electron chi connectivity index (χ2n) is 4.67. The van der Waals surface area contributed by atoms with Gasteiger partial charge in [-0.25, -0.2) is 4.98 Å². The van der Waals surface area contributed by atoms with E-state index >= 15 is 0 Å². The second kappa shape index (κ2) is 5.90. The van der Waals surface area contributed by atoms with E-state index in [-0.39, 0.29) is 25.2 Å². The molecule has 0 aliphatic heterocycles. The number of hydrogen-bond donors (Lipinski definition) is 2. The summed E-state index contributed by atoms with van der Waals surface area (Å²) in [6.07, 6.45) is -4.47. The third kappa shape index (κ3) is 3.11. The number of hydrogen-bond acceptors (Lipinski definition) is 4. The molecule has 8 heteroatoms. The first-order valence-corrected chi connectivity index (χ1v) is 6.33. The number of benzene rings is 1. The number of methoxy groups -OCH3 is 1. The molecule has 3 N–H and O–H groups in total. The normalized spacial score (nSPS) is 13.8. The van der Waals surface area contributed by atoms with Crippen LogP contribution in [0, 0.1) is 0 Å². The van der Waals surface area contributed by atoms with Crippen molar-refractivity contribution in [2.75, 3.05) is 26.1 Å². The zero-order valence-corrected chi connectivity index (χ0v) is 11.4. The minimum Gasteiger partial charge on any atom is -0.399 e. The quantitative estimate of drug-likeness (QED) is 0.831. The Labute approximate surface area is 119 Å². The molecule has 1 unspecified atom stereocenters. The SMILES string of the molecule is COCC(CCO)n1c(C(F)(F)F)nc2cc(N)ccc21. The minimum atomic E-state index is -4.60. The van der Waals surface area contributed by atoms with Gasteiger partial charge in [0.1, 0.15) is 0 Å². The molecule has 1 aromatic heterocycles. The van der Waals surface area contributed by atoms with Crippen molar-refractivity contribution in [3.8, 4) is 0 Å². The lowest BCUT2D eigenvalue weighted by Crippen LogP contribution is -2.23. The van der Waals surface area contributed by atoms with Crippen molar-refractivity contribution in [3.05, 3.63) is 24.0 Å². The monoisotopic (exact) mass is 303 g/mol. The van der Waals surface area contributed by atoms with Crippen molar-refractivity contribution in [2.45, 2.75) is 18.6 Å². The van der Waals surface area contributed by atoms with Gasteiger partial charge in [-0.05, 0) is 24.6 Å². The number of ether oxygens (including phenoxy) is 1. The van der Waals surface area contributed by atoms with Gasteiger partial charge in [-0.2, -0.15) is 13.2 Å². The summed E-state index contributed by atoms with van der Waals surface area (Å²) in [5, 5.41) is 9.08. The zero-order chi connectivity index (χ0) is 15.6. The van der Waals surface area contributed by atoms with Gasteiger partial charge < -0.3 is 20.1 Å². The standard InChI is InChI=1S/C13H16F3N3O2/c1-21-7-9(4-5-20)19-11-3-2-8(17)6-10(11)18-12(19)13(14,15)16/h2-3,6,9,20H,4-5,7,17H2,1H3. The highest BCUT2D eigenvalue weighted by Gasteiger charge is 2.39. The van der Waals surface area contributed by atoms with E-state index in [4.69, 9.17) is 15.6 Å². The van der Waals surface area contributed by atoms with E-state index in [0.717, 1.165) is 4.57 Å². The molecular formula is C13H16F3N3O2. The van der Waals surface area contributed by atoms with E-state index in [9.17, 15) is 13.2 Å². The fourth-order valence-electron chi connectivity index (χ4n) is 2.31. The molecule has 1 atom stereocenters. The molecule has 2 aromatic rings. The van der Waals surface area contributed by atoms with Gasteiger partial charge in [0.25, 0.3) is 0 Å². The minimum absolute atomic E-state index is 0.0411. The van der Waals surface area contributed by atoms with E-state index in [0.29, 0.717) is 11.2 Å². The Bertz CT molecular complexity index is 619. The van der Waals surface area contributed by atoms with Crippen LogP contribution in [0.2, 0.25) is 0 Å². The molecule has 0 bridgehead atoms. The summed E-state index contributed by atoms with van der Waals surface area (Å²) < 4.78 is 45.7. The number of anilines is 1. The summed E-state index contributed by atoms with van der Waals surface area (Å²) in [5.74, 6) is -1.02. The predicted octanol–water partition coefficient (Wildman–Crippen LogP) is 2.21. The molecule has 1 heterocycles. The number of alkyl halides is 3. The molecule has 0 aliphatic carbocycles. The van der Waals surface area contributed by atoms with Crippen LogP contribution in [0.5, 0.6) is 0 Å². The number of fused-ring (bicyclic) bond motifs is 1. The molecule has 0 saturated heterocycles. The number of halogens is 3. The summed E-state index contributed by atoms with van der Waals surface area (Å²) in [4.78, 5) is 3.65. The number of nitrogens with two attached hydrogens (primary N) is 1. The van der Waals surface area contributed by atoms with E-state index in [1.54, 1.807) is 0 Å². The van der Waals surface area contributed by atoms with Gasteiger partial charge >= 0.3 is 6.18 Å². The largest absolute Gasteiger partial charge is 0.449 e. The first-order valence-electron chi connectivity index (χ1n) is 6.33. The van der Waals surface area contributed by atoms with Crippen LogP contribution in [0.25, 0.3) is 11.0 Å². The average molecular weight is 303 g/mol. The number of nitrogen functional groups attached to an aromatic ring is 1. The lowest BCUT2D eigenvalue weighted by molar-refractivity contribution is -0.148. The van der Waals surface area contributed by atoms with Gasteiger partial charge in [-0.3, -0.25) is 0 Å². The van der Waals surface area contributed by atoms with Crippen LogP contribution in [0.3, 0.4) is 0 Å². The van der Waals surface area contributed by atoms with Crippen molar-refractivity contribution in [2.24, 2.45) is 0 Å². The van der Waals surface area contributed by atoms with E-state index < -0.39 is 18.0 Å². The number of aliphatic hydroxyl groups excluding tert-OH is 1. The summed E-state index contributed by atoms with van der Waals surface area (Å²) >= 11 is 0. The smallest absolute Gasteiger partial charge is 0.399 e. The van der Waals surface area contributed by atoms with Crippen LogP contribution in [-0.2, 0) is 10.9 Å². The van der Waals surface area contributed by atoms with Crippen LogP contribution < -0.4 is 5.73 Å². The van der Waals surface area contributed by atoms with Crippen LogP contribution >= 0.6 is 0 Å². The van der Waals surface area contributed by atoms with Gasteiger partial charge in [0.05, 0.1) is 23.7 Å². The lowest BCUT2D eigenvalue weighted by Gasteiger charge is -2.21. The molecule has 116 valence electrons. The first-order chi connectivity index (χ1) is 9.88. The maximum absolute atomic E-state index is 13.2. The van der Waals surface area contributed by atoms with E-state index in [2.05, 4.69) is 4.98 Å². The van der Waals surface area contributed by atoms with Crippen LogP contribution in [-0.4, -0.2) is 35.0 Å². The van der Waals surface area contributed by atoms with Crippen molar-refractivity contribution < 1.29 is 23.0 Å². The van der Waals surface area contributed by atoms with Crippen molar-refractivity contribution in [1.29, 1.82) is 0 Å². The highest BCUT2D eigenvalue weighted by atomic mass is 19.4. The third-order valence-corrected chi connectivity index (χ3v) is 3.15. The van der Waals surface area contributed by atoms with Gasteiger partial charge in [0.2, 0.25) is 5.82 Å². The van der Waals surface area contributed by atoms with Crippen LogP contribution in [0.1, 0.15) is 18.3 Å². The Balaban J connectivity index is 2.67. The molecule has 2 rings (SSSR count). The second-order valence-corrected chi connectivity index (χ2v) is 4.67. The number of imidazole rings is 1. The first kappa shape index (κ1) is 15.6. The zero-order valence-electron chi connectivity index (χ0n) is 11.4. The summed E-state index contributed by atoms with van der Waals surface area (Å²) in [6.45, 7) is -0.209. The molecule has 0 radical (unpaired) electrons. The van der Waals surface area contributed by atoms with Crippen LogP contribution in [0.4, 0.5) is 18.9 Å². The van der Waals surface area contributed by atoms with Gasteiger partial charge in [-0.15, -0.1) is 0 Å². The van der Waals surface area contributed by atoms with Crippen molar-refractivity contribution in [1.82, 2.24) is 9.55 Å². The molecule has 0 spiro atoms. The Hall–Kier alpha value is -1.80. The highest BCUT2D eigenvalue weighted by Crippen LogP contribution is 2.35. The fourth-order valence-corrected chi connectivity index (χ4v) is 2.31. The number of nitrogens with zero attached hydrogens (tertiary/aromatic N) is 2. The Kier molecular flexibility index (Phi) is 4.38. The number of rotatable bonds is 5. The molecule has 5 nitrogen and oxygen atoms in total. The molecular weight excluding hydrogens is 287 g/mol. The Morgan fingerprint density at radius 3 is 2.71 bits per heavy atom. The Morgan fingerprint density at radius 2 is 2.14 bits per heavy atom. The number of aromatic nitrogens is 2. The molecule has 0 fully saturated rings. The molecule has 0 amide bonds. The molecule has 0 saturated carbocycles. The molecule has 0 aliphatic rings. The summed E-state index contributed by atoms with van der Waals surface area (Å²) in [5.41, 5.74) is 6.41. The van der Waals surface area contributed by atoms with E-state index in [1.165, 1.54) is 25.3 Å². The third-order valence-electron chi connectivity index (χ3n) is 3.15.